The number of rotatable bonds is 4. The first-order valence-electron chi connectivity index (χ1n) is 6.83. The Morgan fingerprint density at radius 3 is 2.58 bits per heavy atom. The highest BCUT2D eigenvalue weighted by atomic mass is 16.4. The zero-order valence-corrected chi connectivity index (χ0v) is 12.0. The number of aromatic carboxylic acids is 1. The second-order valence-corrected chi connectivity index (χ2v) is 5.40. The van der Waals surface area contributed by atoms with Crippen LogP contribution in [0.2, 0.25) is 0 Å². The summed E-state index contributed by atoms with van der Waals surface area (Å²) in [5.74, 6) is -0.857. The first kappa shape index (κ1) is 13.7. The van der Waals surface area contributed by atoms with Gasteiger partial charge in [-0.25, -0.2) is 4.79 Å². The lowest BCUT2D eigenvalue weighted by molar-refractivity contribution is 0.0697. The normalized spacial score (nSPS) is 11.4. The molecule has 1 aromatic heterocycles. The van der Waals surface area contributed by atoms with Crippen LogP contribution in [0.1, 0.15) is 54.7 Å². The summed E-state index contributed by atoms with van der Waals surface area (Å²) in [6, 6.07) is 3.95. The van der Waals surface area contributed by atoms with Crippen LogP contribution in [0.25, 0.3) is 10.9 Å². The molecule has 3 nitrogen and oxygen atoms in total. The number of hydrogen-bond acceptors (Lipinski definition) is 1. The molecule has 0 fully saturated rings. The van der Waals surface area contributed by atoms with Crippen molar-refractivity contribution < 1.29 is 9.90 Å². The second-order valence-electron chi connectivity index (χ2n) is 5.40. The van der Waals surface area contributed by atoms with E-state index in [2.05, 4.69) is 31.5 Å². The fourth-order valence-corrected chi connectivity index (χ4v) is 2.67. The molecule has 0 bridgehead atoms. The number of aromatic nitrogens is 1. The minimum Gasteiger partial charge on any atom is -0.478 e. The maximum Gasteiger partial charge on any atom is 0.335 e. The van der Waals surface area contributed by atoms with E-state index < -0.39 is 5.97 Å². The lowest BCUT2D eigenvalue weighted by Crippen LogP contribution is -2.01. The van der Waals surface area contributed by atoms with Crippen molar-refractivity contribution in [2.45, 2.75) is 46.6 Å². The molecule has 2 rings (SSSR count). The zero-order chi connectivity index (χ0) is 14.2. The highest BCUT2D eigenvalue weighted by Gasteiger charge is 2.15. The van der Waals surface area contributed by atoms with Crippen molar-refractivity contribution in [3.63, 3.8) is 0 Å². The van der Waals surface area contributed by atoms with Crippen molar-refractivity contribution in [2.24, 2.45) is 0 Å². The molecule has 0 saturated carbocycles. The van der Waals surface area contributed by atoms with E-state index in [0.717, 1.165) is 23.8 Å². The van der Waals surface area contributed by atoms with Crippen LogP contribution >= 0.6 is 0 Å². The maximum absolute atomic E-state index is 11.2. The summed E-state index contributed by atoms with van der Waals surface area (Å²) in [4.78, 5) is 11.2. The largest absolute Gasteiger partial charge is 0.478 e. The molecule has 1 N–H and O–H groups in total. The Bertz CT molecular complexity index is 623. The minimum atomic E-state index is -0.857. The lowest BCUT2D eigenvalue weighted by Gasteiger charge is -2.11. The number of carbonyl (C=O) groups is 1. The molecule has 0 aliphatic rings. The highest BCUT2D eigenvalue weighted by molar-refractivity contribution is 5.96. The Morgan fingerprint density at radius 1 is 1.37 bits per heavy atom. The molecule has 0 aliphatic heterocycles. The summed E-state index contributed by atoms with van der Waals surface area (Å²) in [5.41, 5.74) is 3.83. The van der Waals surface area contributed by atoms with Crippen molar-refractivity contribution in [3.05, 3.63) is 35.0 Å². The number of benzene rings is 1. The minimum absolute atomic E-state index is 0.377. The van der Waals surface area contributed by atoms with Crippen LogP contribution in [0, 0.1) is 6.92 Å². The number of carboxylic acids is 1. The quantitative estimate of drug-likeness (QED) is 0.895. The first-order valence-corrected chi connectivity index (χ1v) is 6.83. The Kier molecular flexibility index (Phi) is 3.65. The Labute approximate surface area is 113 Å². The van der Waals surface area contributed by atoms with Crippen LogP contribution in [-0.2, 0) is 6.42 Å². The molecule has 0 radical (unpaired) electrons. The van der Waals surface area contributed by atoms with Gasteiger partial charge < -0.3 is 9.67 Å². The predicted molar refractivity (Wildman–Crippen MR) is 78.0 cm³/mol. The van der Waals surface area contributed by atoms with E-state index in [0.29, 0.717) is 11.6 Å². The van der Waals surface area contributed by atoms with Gasteiger partial charge in [0, 0.05) is 17.6 Å². The topological polar surface area (TPSA) is 42.2 Å². The average Bonchev–Trinajstić information content (AvgIpc) is 2.69. The first-order chi connectivity index (χ1) is 8.95. The van der Waals surface area contributed by atoms with Crippen molar-refractivity contribution in [3.8, 4) is 0 Å². The molecule has 102 valence electrons. The number of carboxylic acid groups (broad SMARTS) is 1. The van der Waals surface area contributed by atoms with Crippen LogP contribution in [0.5, 0.6) is 0 Å². The third-order valence-electron chi connectivity index (χ3n) is 3.52. The molecule has 0 spiro atoms. The van der Waals surface area contributed by atoms with Crippen molar-refractivity contribution in [1.29, 1.82) is 0 Å². The predicted octanol–water partition coefficient (Wildman–Crippen LogP) is 4.18. The summed E-state index contributed by atoms with van der Waals surface area (Å²) in [7, 11) is 0. The summed E-state index contributed by atoms with van der Waals surface area (Å²) in [6.07, 6.45) is 4.23. The van der Waals surface area contributed by atoms with E-state index >= 15 is 0 Å². The third kappa shape index (κ3) is 2.37. The Balaban J connectivity index is 2.78. The number of hydrogen-bond donors (Lipinski definition) is 1. The molecule has 0 saturated heterocycles. The van der Waals surface area contributed by atoms with Crippen molar-refractivity contribution in [1.82, 2.24) is 4.57 Å². The van der Waals surface area contributed by atoms with E-state index in [1.807, 2.05) is 13.0 Å². The third-order valence-corrected chi connectivity index (χ3v) is 3.52. The zero-order valence-electron chi connectivity index (χ0n) is 12.0. The fraction of sp³-hybridized carbons (Fsp3) is 0.438. The van der Waals surface area contributed by atoms with E-state index in [9.17, 15) is 9.90 Å². The Hall–Kier alpha value is -1.77. The molecule has 0 aliphatic carbocycles. The smallest absolute Gasteiger partial charge is 0.335 e. The van der Waals surface area contributed by atoms with Gasteiger partial charge in [-0.05, 0) is 50.5 Å². The summed E-state index contributed by atoms with van der Waals surface area (Å²) < 4.78 is 2.25. The van der Waals surface area contributed by atoms with Gasteiger partial charge in [-0.15, -0.1) is 0 Å². The van der Waals surface area contributed by atoms with Gasteiger partial charge in [0.2, 0.25) is 0 Å². The molecule has 1 heterocycles. The monoisotopic (exact) mass is 259 g/mol. The molecular weight excluding hydrogens is 238 g/mol. The maximum atomic E-state index is 11.2. The van der Waals surface area contributed by atoms with Gasteiger partial charge in [-0.2, -0.15) is 0 Å². The molecular formula is C16H21NO2. The molecule has 2 aromatic rings. The van der Waals surface area contributed by atoms with Gasteiger partial charge in [-0.1, -0.05) is 13.3 Å². The SMILES string of the molecule is CCCc1cn(C(C)C)c2c(C)cc(C(=O)O)cc12. The molecule has 0 unspecified atom stereocenters. The van der Waals surface area contributed by atoms with Gasteiger partial charge >= 0.3 is 5.97 Å². The summed E-state index contributed by atoms with van der Waals surface area (Å²) in [5, 5.41) is 10.3. The van der Waals surface area contributed by atoms with Crippen molar-refractivity contribution >= 4 is 16.9 Å². The van der Waals surface area contributed by atoms with Crippen molar-refractivity contribution in [2.75, 3.05) is 0 Å². The van der Waals surface area contributed by atoms with Crippen LogP contribution in [0.3, 0.4) is 0 Å². The van der Waals surface area contributed by atoms with Gasteiger partial charge in [-0.3, -0.25) is 0 Å². The molecule has 19 heavy (non-hydrogen) atoms. The van der Waals surface area contributed by atoms with Gasteiger partial charge in [0.1, 0.15) is 0 Å². The number of nitrogens with zero attached hydrogens (tertiary/aromatic N) is 1. The van der Waals surface area contributed by atoms with E-state index in [1.165, 1.54) is 11.1 Å². The highest BCUT2D eigenvalue weighted by Crippen LogP contribution is 2.29. The number of aryl methyl sites for hydroxylation is 2. The standard InChI is InChI=1S/C16H21NO2/c1-5-6-12-9-17(10(2)3)15-11(4)7-13(16(18)19)8-14(12)15/h7-10H,5-6H2,1-4H3,(H,18,19). The summed E-state index contributed by atoms with van der Waals surface area (Å²) >= 11 is 0. The lowest BCUT2D eigenvalue weighted by atomic mass is 10.0. The van der Waals surface area contributed by atoms with Gasteiger partial charge in [0.05, 0.1) is 11.1 Å². The van der Waals surface area contributed by atoms with Gasteiger partial charge in [0.25, 0.3) is 0 Å². The fourth-order valence-electron chi connectivity index (χ4n) is 2.67. The van der Waals surface area contributed by atoms with E-state index in [4.69, 9.17) is 0 Å². The van der Waals surface area contributed by atoms with Crippen LogP contribution in [0.15, 0.2) is 18.3 Å². The van der Waals surface area contributed by atoms with Crippen LogP contribution < -0.4 is 0 Å². The molecule has 1 aromatic carbocycles. The van der Waals surface area contributed by atoms with E-state index in [1.54, 1.807) is 6.07 Å². The number of fused-ring (bicyclic) bond motifs is 1. The molecule has 0 atom stereocenters. The Morgan fingerprint density at radius 2 is 2.05 bits per heavy atom. The summed E-state index contributed by atoms with van der Waals surface area (Å²) in [6.45, 7) is 8.44. The average molecular weight is 259 g/mol. The van der Waals surface area contributed by atoms with Crippen LogP contribution in [-0.4, -0.2) is 15.6 Å². The van der Waals surface area contributed by atoms with E-state index in [-0.39, 0.29) is 0 Å². The molecule has 3 heteroatoms. The molecule has 0 amide bonds. The van der Waals surface area contributed by atoms with Gasteiger partial charge in [0.15, 0.2) is 0 Å². The second kappa shape index (κ2) is 5.08. The van der Waals surface area contributed by atoms with Crippen LogP contribution in [0.4, 0.5) is 0 Å².